The van der Waals surface area contributed by atoms with Gasteiger partial charge >= 0.3 is 6.09 Å². The van der Waals surface area contributed by atoms with E-state index in [1.54, 1.807) is 0 Å². The van der Waals surface area contributed by atoms with Crippen molar-refractivity contribution < 1.29 is 14.3 Å². The van der Waals surface area contributed by atoms with Crippen molar-refractivity contribution in [3.05, 3.63) is 18.1 Å². The highest BCUT2D eigenvalue weighted by atomic mass is 32.1. The van der Waals surface area contributed by atoms with E-state index in [0.717, 1.165) is 105 Å². The Morgan fingerprint density at radius 3 is 2.60 bits per heavy atom. The van der Waals surface area contributed by atoms with Crippen molar-refractivity contribution in [1.29, 1.82) is 0 Å². The largest absolute Gasteiger partial charge is 0.450 e. The fraction of sp³-hybridized carbons (Fsp3) is 0.667. The lowest BCUT2D eigenvalue weighted by atomic mass is 9.89. The van der Waals surface area contributed by atoms with Crippen LogP contribution in [0.25, 0.3) is 10.2 Å². The Bertz CT molecular complexity index is 1290. The maximum absolute atomic E-state index is 12.0. The van der Waals surface area contributed by atoms with Crippen molar-refractivity contribution in [3.8, 4) is 0 Å². The van der Waals surface area contributed by atoms with Crippen molar-refractivity contribution in [2.75, 3.05) is 56.6 Å². The third-order valence-corrected chi connectivity index (χ3v) is 9.16. The predicted octanol–water partition coefficient (Wildman–Crippen LogP) is 4.18. The summed E-state index contributed by atoms with van der Waals surface area (Å²) in [7, 11) is 0. The van der Waals surface area contributed by atoms with Crippen LogP contribution in [0.15, 0.2) is 12.4 Å². The third kappa shape index (κ3) is 6.01. The minimum atomic E-state index is -0.188. The molecule has 2 aliphatic heterocycles. The topological polar surface area (TPSA) is 123 Å². The molecule has 1 aliphatic carbocycles. The lowest BCUT2D eigenvalue weighted by Crippen LogP contribution is -2.53. The predicted molar refractivity (Wildman–Crippen MR) is 154 cm³/mol. The van der Waals surface area contributed by atoms with Gasteiger partial charge < -0.3 is 25.0 Å². The quantitative estimate of drug-likeness (QED) is 0.428. The molecule has 6 rings (SSSR count). The number of hydrogen-bond donors (Lipinski definition) is 2. The molecule has 0 aromatic carbocycles. The van der Waals surface area contributed by atoms with Crippen LogP contribution in [-0.2, 0) is 9.47 Å². The summed E-state index contributed by atoms with van der Waals surface area (Å²) < 4.78 is 17.2. The van der Waals surface area contributed by atoms with Gasteiger partial charge in [0.25, 0.3) is 0 Å². The smallest absolute Gasteiger partial charge is 0.409 e. The normalized spacial score (nSPS) is 22.9. The molecule has 0 spiro atoms. The number of amides is 1. The standard InChI is InChI=1S/C27H39N9O3S/c1-3-39-27(37)35-12-10-34(11-13-35)21-6-4-19(5-7-21)29-24-23-18(2)33-40-25(23)32-26(31-24)30-20-16-28-36(17-20)22-8-14-38-15-9-22/h16-17,19,21-22H,3-15H2,1-2H3,(H2,29,30,31,32). The Labute approximate surface area is 238 Å². The van der Waals surface area contributed by atoms with Gasteiger partial charge in [0.2, 0.25) is 5.95 Å². The van der Waals surface area contributed by atoms with Gasteiger partial charge in [-0.2, -0.15) is 19.4 Å². The fourth-order valence-electron chi connectivity index (χ4n) is 6.09. The van der Waals surface area contributed by atoms with Crippen LogP contribution >= 0.6 is 11.5 Å². The third-order valence-electron chi connectivity index (χ3n) is 8.32. The van der Waals surface area contributed by atoms with Crippen molar-refractivity contribution in [1.82, 2.24) is 33.9 Å². The van der Waals surface area contributed by atoms with E-state index in [-0.39, 0.29) is 6.09 Å². The summed E-state index contributed by atoms with van der Waals surface area (Å²) in [5, 5.41) is 12.7. The van der Waals surface area contributed by atoms with Crippen LogP contribution in [0.5, 0.6) is 0 Å². The Hall–Kier alpha value is -3.03. The molecule has 0 radical (unpaired) electrons. The number of rotatable bonds is 7. The van der Waals surface area contributed by atoms with Gasteiger partial charge in [-0.1, -0.05) is 0 Å². The summed E-state index contributed by atoms with van der Waals surface area (Å²) in [6.07, 6.45) is 10.0. The molecule has 1 amide bonds. The maximum Gasteiger partial charge on any atom is 0.409 e. The molecular weight excluding hydrogens is 530 g/mol. The van der Waals surface area contributed by atoms with Gasteiger partial charge in [0.1, 0.15) is 5.82 Å². The van der Waals surface area contributed by atoms with Crippen molar-refractivity contribution >= 4 is 45.3 Å². The summed E-state index contributed by atoms with van der Waals surface area (Å²) >= 11 is 1.41. The summed E-state index contributed by atoms with van der Waals surface area (Å²) in [6.45, 7) is 9.15. The molecule has 1 saturated carbocycles. The van der Waals surface area contributed by atoms with Gasteiger partial charge in [0.15, 0.2) is 4.83 Å². The molecule has 40 heavy (non-hydrogen) atoms. The van der Waals surface area contributed by atoms with E-state index in [0.29, 0.717) is 30.7 Å². The van der Waals surface area contributed by atoms with Crippen LogP contribution in [0.4, 0.5) is 22.2 Å². The minimum Gasteiger partial charge on any atom is -0.450 e. The fourth-order valence-corrected chi connectivity index (χ4v) is 6.87. The molecule has 12 nitrogen and oxygen atoms in total. The van der Waals surface area contributed by atoms with Crippen LogP contribution in [0.2, 0.25) is 0 Å². The number of anilines is 3. The van der Waals surface area contributed by atoms with Gasteiger partial charge in [0.05, 0.1) is 35.6 Å². The van der Waals surface area contributed by atoms with Crippen LogP contribution in [0, 0.1) is 6.92 Å². The number of aromatic nitrogens is 5. The monoisotopic (exact) mass is 569 g/mol. The highest BCUT2D eigenvalue weighted by molar-refractivity contribution is 7.13. The molecule has 0 atom stereocenters. The number of ether oxygens (including phenoxy) is 2. The van der Waals surface area contributed by atoms with Gasteiger partial charge in [-0.3, -0.25) is 9.58 Å². The molecular formula is C27H39N9O3S. The molecule has 3 aromatic rings. The number of hydrogen-bond acceptors (Lipinski definition) is 11. The van der Waals surface area contributed by atoms with Crippen LogP contribution in [0.1, 0.15) is 57.2 Å². The van der Waals surface area contributed by atoms with E-state index in [4.69, 9.17) is 19.4 Å². The van der Waals surface area contributed by atoms with E-state index in [1.165, 1.54) is 11.5 Å². The van der Waals surface area contributed by atoms with Gasteiger partial charge in [-0.05, 0) is 63.9 Å². The number of piperazine rings is 1. The molecule has 5 heterocycles. The molecule has 2 saturated heterocycles. The van der Waals surface area contributed by atoms with Crippen molar-refractivity contribution in [2.45, 2.75) is 70.5 Å². The number of carbonyl (C=O) groups is 1. The minimum absolute atomic E-state index is 0.188. The lowest BCUT2D eigenvalue weighted by molar-refractivity contribution is 0.0574. The summed E-state index contributed by atoms with van der Waals surface area (Å²) in [5.74, 6) is 1.40. The Morgan fingerprint density at radius 2 is 1.85 bits per heavy atom. The molecule has 3 aromatic heterocycles. The van der Waals surface area contributed by atoms with Crippen molar-refractivity contribution in [3.63, 3.8) is 0 Å². The first-order valence-electron chi connectivity index (χ1n) is 14.5. The highest BCUT2D eigenvalue weighted by Gasteiger charge is 2.30. The Kier molecular flexibility index (Phi) is 8.30. The second-order valence-electron chi connectivity index (χ2n) is 10.9. The SMILES string of the molecule is CCOC(=O)N1CCN(C2CCC(Nc3nc(Nc4cnn(C5CCOCC5)c4)nc4snc(C)c34)CC2)CC1. The zero-order valence-corrected chi connectivity index (χ0v) is 24.2. The number of aryl methyl sites for hydroxylation is 1. The van der Waals surface area contributed by atoms with E-state index in [9.17, 15) is 4.79 Å². The number of fused-ring (bicyclic) bond motifs is 1. The first-order chi connectivity index (χ1) is 19.6. The number of nitrogens with one attached hydrogen (secondary N) is 2. The first kappa shape index (κ1) is 27.2. The second kappa shape index (κ2) is 12.2. The second-order valence-corrected chi connectivity index (χ2v) is 11.6. The summed E-state index contributed by atoms with van der Waals surface area (Å²) in [4.78, 5) is 27.0. The highest BCUT2D eigenvalue weighted by Crippen LogP contribution is 2.32. The average Bonchev–Trinajstić information content (AvgIpc) is 3.61. The molecule has 3 fully saturated rings. The van der Waals surface area contributed by atoms with Crippen LogP contribution in [-0.4, -0.2) is 98.1 Å². The maximum atomic E-state index is 12.0. The van der Waals surface area contributed by atoms with E-state index >= 15 is 0 Å². The van der Waals surface area contributed by atoms with Gasteiger partial charge in [-0.25, -0.2) is 4.79 Å². The molecule has 0 unspecified atom stereocenters. The van der Waals surface area contributed by atoms with Gasteiger partial charge in [-0.15, -0.1) is 0 Å². The molecule has 2 N–H and O–H groups in total. The molecule has 0 bridgehead atoms. The lowest BCUT2D eigenvalue weighted by Gasteiger charge is -2.41. The number of nitrogens with zero attached hydrogens (tertiary/aromatic N) is 7. The summed E-state index contributed by atoms with van der Waals surface area (Å²) in [6, 6.07) is 1.27. The van der Waals surface area contributed by atoms with Crippen LogP contribution < -0.4 is 10.6 Å². The Balaban J connectivity index is 1.08. The zero-order valence-electron chi connectivity index (χ0n) is 23.3. The van der Waals surface area contributed by atoms with Crippen molar-refractivity contribution in [2.24, 2.45) is 0 Å². The average molecular weight is 570 g/mol. The van der Waals surface area contributed by atoms with Gasteiger partial charge in [0, 0.05) is 57.7 Å². The van der Waals surface area contributed by atoms with E-state index in [1.807, 2.05) is 35.8 Å². The summed E-state index contributed by atoms with van der Waals surface area (Å²) in [5.41, 5.74) is 1.83. The zero-order chi connectivity index (χ0) is 27.5. The number of carbonyl (C=O) groups excluding carboxylic acids is 1. The van der Waals surface area contributed by atoms with Crippen LogP contribution in [0.3, 0.4) is 0 Å². The molecule has 13 heteroatoms. The first-order valence-corrected chi connectivity index (χ1v) is 15.3. The van der Waals surface area contributed by atoms with E-state index in [2.05, 4.69) is 25.0 Å². The van der Waals surface area contributed by atoms with E-state index < -0.39 is 0 Å². The Morgan fingerprint density at radius 1 is 1.07 bits per heavy atom. The molecule has 3 aliphatic rings. The molecule has 216 valence electrons.